The molecule has 1 aliphatic carbocycles. The van der Waals surface area contributed by atoms with E-state index in [1.165, 1.54) is 0 Å². The first-order valence-electron chi connectivity index (χ1n) is 9.34. The van der Waals surface area contributed by atoms with Crippen LogP contribution in [0.4, 0.5) is 0 Å². The number of carbonyl (C=O) groups excluding carboxylic acids is 2. The van der Waals surface area contributed by atoms with E-state index in [-0.39, 0.29) is 23.1 Å². The van der Waals surface area contributed by atoms with Crippen molar-refractivity contribution in [1.82, 2.24) is 14.4 Å². The van der Waals surface area contributed by atoms with Crippen LogP contribution >= 0.6 is 0 Å². The smallest absolute Gasteiger partial charge is 0.326 e. The van der Waals surface area contributed by atoms with Crippen LogP contribution in [-0.2, 0) is 16.6 Å². The number of rotatable bonds is 3. The van der Waals surface area contributed by atoms with Gasteiger partial charge in [-0.15, -0.1) is 0 Å². The summed E-state index contributed by atoms with van der Waals surface area (Å²) in [6.45, 7) is 1.75. The number of amides is 2. The highest BCUT2D eigenvalue weighted by atomic mass is 16.4. The zero-order chi connectivity index (χ0) is 18.5. The third kappa shape index (κ3) is 2.89. The number of piperidine rings is 1. The maximum absolute atomic E-state index is 12.7. The topological polar surface area (TPSA) is 82.8 Å². The first-order chi connectivity index (χ1) is 12.4. The second kappa shape index (κ2) is 6.14. The highest BCUT2D eigenvalue weighted by molar-refractivity contribution is 5.93. The predicted octanol–water partition coefficient (Wildman–Crippen LogP) is 1.34. The fourth-order valence-electron chi connectivity index (χ4n) is 4.47. The Morgan fingerprint density at radius 2 is 1.88 bits per heavy atom. The Morgan fingerprint density at radius 3 is 2.42 bits per heavy atom. The van der Waals surface area contributed by atoms with Crippen molar-refractivity contribution in [3.63, 3.8) is 0 Å². The Balaban J connectivity index is 1.44. The molecule has 0 radical (unpaired) electrons. The fraction of sp³-hybridized carbons (Fsp3) is 0.632. The van der Waals surface area contributed by atoms with Crippen LogP contribution in [0.25, 0.3) is 0 Å². The summed E-state index contributed by atoms with van der Waals surface area (Å²) >= 11 is 0. The average Bonchev–Trinajstić information content (AvgIpc) is 3.28. The van der Waals surface area contributed by atoms with E-state index >= 15 is 0 Å². The monoisotopic (exact) mass is 359 g/mol. The molecule has 7 heteroatoms. The summed E-state index contributed by atoms with van der Waals surface area (Å²) in [7, 11) is 1.86. The summed E-state index contributed by atoms with van der Waals surface area (Å²) in [5.74, 6) is -0.841. The molecule has 3 fully saturated rings. The molecule has 0 bridgehead atoms. The summed E-state index contributed by atoms with van der Waals surface area (Å²) in [4.78, 5) is 40.3. The minimum Gasteiger partial charge on any atom is -0.480 e. The van der Waals surface area contributed by atoms with Crippen LogP contribution in [0.15, 0.2) is 18.3 Å². The van der Waals surface area contributed by atoms with Gasteiger partial charge < -0.3 is 19.5 Å². The lowest BCUT2D eigenvalue weighted by atomic mass is 9.76. The van der Waals surface area contributed by atoms with Crippen LogP contribution in [0.3, 0.4) is 0 Å². The second-order valence-electron chi connectivity index (χ2n) is 8.10. The number of aromatic nitrogens is 1. The normalized spacial score (nSPS) is 24.9. The molecule has 0 unspecified atom stereocenters. The number of aliphatic carboxylic acids is 1. The van der Waals surface area contributed by atoms with Gasteiger partial charge in [-0.25, -0.2) is 4.79 Å². The van der Waals surface area contributed by atoms with Crippen molar-refractivity contribution < 1.29 is 19.5 Å². The third-order valence-corrected chi connectivity index (χ3v) is 6.28. The van der Waals surface area contributed by atoms with E-state index in [1.54, 1.807) is 4.90 Å². The van der Waals surface area contributed by atoms with Crippen molar-refractivity contribution in [3.05, 3.63) is 24.0 Å². The molecule has 1 saturated carbocycles. The molecule has 1 aromatic rings. The molecule has 7 nitrogen and oxygen atoms in total. The molecule has 1 spiro atoms. The first-order valence-corrected chi connectivity index (χ1v) is 9.34. The van der Waals surface area contributed by atoms with E-state index in [2.05, 4.69) is 0 Å². The van der Waals surface area contributed by atoms with Gasteiger partial charge in [0.2, 0.25) is 5.91 Å². The van der Waals surface area contributed by atoms with Gasteiger partial charge in [-0.3, -0.25) is 9.59 Å². The molecule has 0 aromatic carbocycles. The molecule has 140 valence electrons. The molecule has 1 N–H and O–H groups in total. The van der Waals surface area contributed by atoms with Crippen LogP contribution in [0, 0.1) is 11.3 Å². The van der Waals surface area contributed by atoms with Crippen LogP contribution < -0.4 is 0 Å². The standard InChI is InChI=1S/C19H25N3O4/c1-20-8-2-3-14(20)17(24)21-9-6-19(7-10-21)11-15(18(25)26)22(12-19)16(23)13-4-5-13/h2-3,8,13,15H,4-7,9-12H2,1H3,(H,25,26)/t15-/m0/s1. The molecule has 1 aromatic heterocycles. The molecular weight excluding hydrogens is 334 g/mol. The number of likely N-dealkylation sites (tertiary alicyclic amines) is 2. The molecule has 2 amide bonds. The lowest BCUT2D eigenvalue weighted by Crippen LogP contribution is -2.45. The summed E-state index contributed by atoms with van der Waals surface area (Å²) in [5.41, 5.74) is 0.500. The number of carboxylic acids is 1. The zero-order valence-corrected chi connectivity index (χ0v) is 15.1. The number of hydrogen-bond donors (Lipinski definition) is 1. The molecule has 3 heterocycles. The molecular formula is C19H25N3O4. The lowest BCUT2D eigenvalue weighted by Gasteiger charge is -2.39. The van der Waals surface area contributed by atoms with Crippen molar-refractivity contribution in [2.24, 2.45) is 18.4 Å². The largest absolute Gasteiger partial charge is 0.480 e. The number of carboxylic acid groups (broad SMARTS) is 1. The molecule has 3 aliphatic rings. The van der Waals surface area contributed by atoms with Gasteiger partial charge in [0.25, 0.3) is 5.91 Å². The Morgan fingerprint density at radius 1 is 1.19 bits per heavy atom. The molecule has 2 saturated heterocycles. The van der Waals surface area contributed by atoms with E-state index in [0.717, 1.165) is 25.7 Å². The van der Waals surface area contributed by atoms with Gasteiger partial charge in [0.15, 0.2) is 0 Å². The lowest BCUT2D eigenvalue weighted by molar-refractivity contribution is -0.148. The first kappa shape index (κ1) is 17.1. The minimum atomic E-state index is -0.904. The maximum Gasteiger partial charge on any atom is 0.326 e. The van der Waals surface area contributed by atoms with E-state index in [4.69, 9.17) is 0 Å². The summed E-state index contributed by atoms with van der Waals surface area (Å²) in [6, 6.07) is 2.96. The minimum absolute atomic E-state index is 0.0107. The van der Waals surface area contributed by atoms with Crippen molar-refractivity contribution >= 4 is 17.8 Å². The molecule has 2 aliphatic heterocycles. The molecule has 4 rings (SSSR count). The van der Waals surface area contributed by atoms with Crippen LogP contribution in [0.5, 0.6) is 0 Å². The predicted molar refractivity (Wildman–Crippen MR) is 93.5 cm³/mol. The van der Waals surface area contributed by atoms with Gasteiger partial charge in [-0.2, -0.15) is 0 Å². The highest BCUT2D eigenvalue weighted by Gasteiger charge is 2.52. The van der Waals surface area contributed by atoms with E-state index < -0.39 is 12.0 Å². The number of nitrogens with zero attached hydrogens (tertiary/aromatic N) is 3. The average molecular weight is 359 g/mol. The van der Waals surface area contributed by atoms with Gasteiger partial charge in [0.1, 0.15) is 11.7 Å². The van der Waals surface area contributed by atoms with Crippen LogP contribution in [0.1, 0.15) is 42.6 Å². The van der Waals surface area contributed by atoms with Gasteiger partial charge in [0, 0.05) is 38.8 Å². The van der Waals surface area contributed by atoms with E-state index in [1.807, 2.05) is 34.8 Å². The Labute approximate surface area is 152 Å². The zero-order valence-electron chi connectivity index (χ0n) is 15.1. The summed E-state index contributed by atoms with van der Waals surface area (Å²) < 4.78 is 1.82. The van der Waals surface area contributed by atoms with Gasteiger partial charge in [-0.05, 0) is 49.7 Å². The highest BCUT2D eigenvalue weighted by Crippen LogP contribution is 2.45. The quantitative estimate of drug-likeness (QED) is 0.883. The van der Waals surface area contributed by atoms with Crippen LogP contribution in [-0.4, -0.2) is 62.9 Å². The molecule has 1 atom stereocenters. The fourth-order valence-corrected chi connectivity index (χ4v) is 4.47. The number of carbonyl (C=O) groups is 3. The number of hydrogen-bond acceptors (Lipinski definition) is 3. The van der Waals surface area contributed by atoms with Gasteiger partial charge >= 0.3 is 5.97 Å². The van der Waals surface area contributed by atoms with Gasteiger partial charge in [-0.1, -0.05) is 0 Å². The Kier molecular flexibility index (Phi) is 4.04. The van der Waals surface area contributed by atoms with E-state index in [0.29, 0.717) is 31.7 Å². The van der Waals surface area contributed by atoms with Crippen molar-refractivity contribution in [2.75, 3.05) is 19.6 Å². The Bertz CT molecular complexity index is 744. The third-order valence-electron chi connectivity index (χ3n) is 6.28. The van der Waals surface area contributed by atoms with Crippen molar-refractivity contribution in [1.29, 1.82) is 0 Å². The number of aryl methyl sites for hydroxylation is 1. The SMILES string of the molecule is Cn1cccc1C(=O)N1CCC2(CC1)C[C@@H](C(=O)O)N(C(=O)C1CC1)C2. The van der Waals surface area contributed by atoms with Crippen molar-refractivity contribution in [3.8, 4) is 0 Å². The van der Waals surface area contributed by atoms with Crippen molar-refractivity contribution in [2.45, 2.75) is 38.1 Å². The summed E-state index contributed by atoms with van der Waals surface area (Å²) in [5, 5.41) is 9.58. The Hall–Kier alpha value is -2.31. The van der Waals surface area contributed by atoms with Crippen LogP contribution in [0.2, 0.25) is 0 Å². The second-order valence-corrected chi connectivity index (χ2v) is 8.10. The molecule has 26 heavy (non-hydrogen) atoms. The maximum atomic E-state index is 12.7. The summed E-state index contributed by atoms with van der Waals surface area (Å²) in [6.07, 6.45) is 5.63. The van der Waals surface area contributed by atoms with Gasteiger partial charge in [0.05, 0.1) is 0 Å². The van der Waals surface area contributed by atoms with E-state index in [9.17, 15) is 19.5 Å².